The van der Waals surface area contributed by atoms with Crippen molar-refractivity contribution in [3.63, 3.8) is 0 Å². The Morgan fingerprint density at radius 3 is 2.95 bits per heavy atom. The number of amides is 1. The van der Waals surface area contributed by atoms with Crippen LogP contribution in [0.5, 0.6) is 0 Å². The van der Waals surface area contributed by atoms with E-state index in [9.17, 15) is 9.59 Å². The number of benzene rings is 1. The van der Waals surface area contributed by atoms with Crippen molar-refractivity contribution in [3.05, 3.63) is 24.3 Å². The summed E-state index contributed by atoms with van der Waals surface area (Å²) < 4.78 is 10.3. The summed E-state index contributed by atoms with van der Waals surface area (Å²) in [5, 5.41) is 11.4. The van der Waals surface area contributed by atoms with Gasteiger partial charge < -0.3 is 19.6 Å². The molecule has 0 aliphatic heterocycles. The first-order chi connectivity index (χ1) is 10.1. The minimum atomic E-state index is -1.03. The number of carboxylic acid groups (broad SMARTS) is 1. The van der Waals surface area contributed by atoms with E-state index in [1.807, 2.05) is 24.3 Å². The molecule has 0 bridgehead atoms. The molecule has 112 valence electrons. The molecule has 8 heteroatoms. The van der Waals surface area contributed by atoms with E-state index in [0.29, 0.717) is 10.8 Å². The number of aromatic nitrogens is 1. The Kier molecular flexibility index (Phi) is 5.59. The van der Waals surface area contributed by atoms with Crippen molar-refractivity contribution in [1.82, 2.24) is 10.3 Å². The third-order valence-electron chi connectivity index (χ3n) is 2.40. The number of hydrogen-bond acceptors (Lipinski definition) is 6. The predicted molar refractivity (Wildman–Crippen MR) is 76.2 cm³/mol. The Bertz CT molecular complexity index is 595. The standard InChI is InChI=1S/C13H14N2O5S/c16-11(14-5-6-19-7-12(17)18)8-21-13-15-9-3-1-2-4-10(9)20-13/h1-4H,5-8H2,(H,14,16)(H,17,18). The molecule has 2 aromatic rings. The maximum atomic E-state index is 11.6. The lowest BCUT2D eigenvalue weighted by molar-refractivity contribution is -0.142. The lowest BCUT2D eigenvalue weighted by atomic mass is 10.3. The number of nitrogens with zero attached hydrogens (tertiary/aromatic N) is 1. The van der Waals surface area contributed by atoms with Crippen LogP contribution < -0.4 is 5.32 Å². The molecule has 2 N–H and O–H groups in total. The fraction of sp³-hybridized carbons (Fsp3) is 0.308. The van der Waals surface area contributed by atoms with Gasteiger partial charge in [0.1, 0.15) is 12.1 Å². The van der Waals surface area contributed by atoms with Crippen molar-refractivity contribution in [2.45, 2.75) is 5.22 Å². The number of para-hydroxylation sites is 2. The first-order valence-corrected chi connectivity index (χ1v) is 7.18. The normalized spacial score (nSPS) is 10.7. The van der Waals surface area contributed by atoms with Gasteiger partial charge in [-0.25, -0.2) is 9.78 Å². The molecule has 7 nitrogen and oxygen atoms in total. The second kappa shape index (κ2) is 7.65. The topological polar surface area (TPSA) is 102 Å². The number of hydrogen-bond donors (Lipinski definition) is 2. The minimum Gasteiger partial charge on any atom is -0.480 e. The van der Waals surface area contributed by atoms with E-state index in [2.05, 4.69) is 10.3 Å². The van der Waals surface area contributed by atoms with Gasteiger partial charge in [0.2, 0.25) is 5.91 Å². The summed E-state index contributed by atoms with van der Waals surface area (Å²) in [6, 6.07) is 7.37. The van der Waals surface area contributed by atoms with Crippen molar-refractivity contribution >= 4 is 34.7 Å². The Hall–Kier alpha value is -2.06. The van der Waals surface area contributed by atoms with Gasteiger partial charge in [0.05, 0.1) is 12.4 Å². The number of rotatable bonds is 8. The van der Waals surface area contributed by atoms with Crippen LogP contribution in [0.15, 0.2) is 33.9 Å². The molecule has 0 radical (unpaired) electrons. The number of carbonyl (C=O) groups excluding carboxylic acids is 1. The highest BCUT2D eigenvalue weighted by Crippen LogP contribution is 2.22. The van der Waals surface area contributed by atoms with E-state index < -0.39 is 5.97 Å². The van der Waals surface area contributed by atoms with Gasteiger partial charge >= 0.3 is 5.97 Å². The zero-order valence-corrected chi connectivity index (χ0v) is 11.9. The van der Waals surface area contributed by atoms with E-state index >= 15 is 0 Å². The molecule has 21 heavy (non-hydrogen) atoms. The number of thioether (sulfide) groups is 1. The van der Waals surface area contributed by atoms with E-state index in [4.69, 9.17) is 14.3 Å². The van der Waals surface area contributed by atoms with Crippen LogP contribution in [-0.2, 0) is 14.3 Å². The molecule has 0 fully saturated rings. The second-order valence-electron chi connectivity index (χ2n) is 4.03. The molecule has 0 aliphatic rings. The van der Waals surface area contributed by atoms with Crippen LogP contribution >= 0.6 is 11.8 Å². The van der Waals surface area contributed by atoms with Crippen molar-refractivity contribution in [1.29, 1.82) is 0 Å². The monoisotopic (exact) mass is 310 g/mol. The van der Waals surface area contributed by atoms with Gasteiger partial charge in [0.25, 0.3) is 5.22 Å². The molecular weight excluding hydrogens is 296 g/mol. The van der Waals surface area contributed by atoms with Crippen LogP contribution in [0.25, 0.3) is 11.1 Å². The number of carboxylic acids is 1. The average Bonchev–Trinajstić information content (AvgIpc) is 2.87. The van der Waals surface area contributed by atoms with Crippen molar-refractivity contribution < 1.29 is 23.8 Å². The summed E-state index contributed by atoms with van der Waals surface area (Å²) in [5.74, 6) is -1.06. The third-order valence-corrected chi connectivity index (χ3v) is 3.22. The number of carbonyl (C=O) groups is 2. The number of nitrogens with one attached hydrogen (secondary N) is 1. The summed E-state index contributed by atoms with van der Waals surface area (Å²) in [7, 11) is 0. The summed E-state index contributed by atoms with van der Waals surface area (Å²) >= 11 is 1.20. The molecule has 0 saturated carbocycles. The van der Waals surface area contributed by atoms with E-state index in [1.165, 1.54) is 11.8 Å². The minimum absolute atomic E-state index is 0.158. The van der Waals surface area contributed by atoms with Gasteiger partial charge in [-0.2, -0.15) is 0 Å². The predicted octanol–water partition coefficient (Wildman–Crippen LogP) is 1.14. The molecular formula is C13H14N2O5S. The molecule has 0 aliphatic carbocycles. The van der Waals surface area contributed by atoms with Gasteiger partial charge in [0.15, 0.2) is 5.58 Å². The fourth-order valence-corrected chi connectivity index (χ4v) is 2.18. The zero-order valence-electron chi connectivity index (χ0n) is 11.1. The highest BCUT2D eigenvalue weighted by molar-refractivity contribution is 7.99. The van der Waals surface area contributed by atoms with Gasteiger partial charge in [-0.05, 0) is 12.1 Å². The maximum absolute atomic E-state index is 11.6. The number of ether oxygens (including phenoxy) is 1. The fourth-order valence-electron chi connectivity index (χ4n) is 1.51. The van der Waals surface area contributed by atoms with Crippen molar-refractivity contribution in [2.24, 2.45) is 0 Å². The number of fused-ring (bicyclic) bond motifs is 1. The van der Waals surface area contributed by atoms with Gasteiger partial charge in [-0.3, -0.25) is 4.79 Å². The van der Waals surface area contributed by atoms with Crippen LogP contribution in [0.4, 0.5) is 0 Å². The van der Waals surface area contributed by atoms with Crippen LogP contribution in [0.2, 0.25) is 0 Å². The number of aliphatic carboxylic acids is 1. The van der Waals surface area contributed by atoms with E-state index in [0.717, 1.165) is 5.52 Å². The Morgan fingerprint density at radius 2 is 2.19 bits per heavy atom. The first-order valence-electron chi connectivity index (χ1n) is 6.20. The van der Waals surface area contributed by atoms with Crippen LogP contribution in [0.1, 0.15) is 0 Å². The van der Waals surface area contributed by atoms with E-state index in [-0.39, 0.29) is 31.4 Å². The van der Waals surface area contributed by atoms with Crippen LogP contribution in [0, 0.1) is 0 Å². The summed E-state index contributed by atoms with van der Waals surface area (Å²) in [6.45, 7) is 0.0549. The lowest BCUT2D eigenvalue weighted by Gasteiger charge is -2.03. The molecule has 0 unspecified atom stereocenters. The van der Waals surface area contributed by atoms with E-state index in [1.54, 1.807) is 0 Å². The van der Waals surface area contributed by atoms with Crippen molar-refractivity contribution in [2.75, 3.05) is 25.5 Å². The van der Waals surface area contributed by atoms with Gasteiger partial charge in [-0.1, -0.05) is 23.9 Å². The Morgan fingerprint density at radius 1 is 1.38 bits per heavy atom. The molecule has 1 amide bonds. The molecule has 0 atom stereocenters. The molecule has 1 aromatic heterocycles. The first kappa shape index (κ1) is 15.3. The quantitative estimate of drug-likeness (QED) is 0.557. The largest absolute Gasteiger partial charge is 0.480 e. The highest BCUT2D eigenvalue weighted by atomic mass is 32.2. The van der Waals surface area contributed by atoms with Gasteiger partial charge in [0, 0.05) is 6.54 Å². The Labute approximate surface area is 124 Å². The zero-order chi connectivity index (χ0) is 15.1. The maximum Gasteiger partial charge on any atom is 0.329 e. The summed E-state index contributed by atoms with van der Waals surface area (Å²) in [4.78, 5) is 26.0. The smallest absolute Gasteiger partial charge is 0.329 e. The molecule has 2 rings (SSSR count). The summed E-state index contributed by atoms with van der Waals surface area (Å²) in [5.41, 5.74) is 1.44. The SMILES string of the molecule is O=C(O)COCCNC(=O)CSc1nc2ccccc2o1. The summed E-state index contributed by atoms with van der Waals surface area (Å²) in [6.07, 6.45) is 0. The Balaban J connectivity index is 1.67. The molecule has 0 saturated heterocycles. The average molecular weight is 310 g/mol. The van der Waals surface area contributed by atoms with Crippen LogP contribution in [-0.4, -0.2) is 47.5 Å². The van der Waals surface area contributed by atoms with Gasteiger partial charge in [-0.15, -0.1) is 0 Å². The molecule has 0 spiro atoms. The second-order valence-corrected chi connectivity index (χ2v) is 4.96. The van der Waals surface area contributed by atoms with Crippen LogP contribution in [0.3, 0.4) is 0 Å². The third kappa shape index (κ3) is 5.09. The molecule has 1 heterocycles. The highest BCUT2D eigenvalue weighted by Gasteiger charge is 2.08. The molecule has 1 aromatic carbocycles. The lowest BCUT2D eigenvalue weighted by Crippen LogP contribution is -2.29. The van der Waals surface area contributed by atoms with Crippen molar-refractivity contribution in [3.8, 4) is 0 Å². The number of oxazole rings is 1.